The van der Waals surface area contributed by atoms with Crippen LogP contribution in [-0.2, 0) is 22.6 Å². The van der Waals surface area contributed by atoms with Gasteiger partial charge in [-0.15, -0.1) is 11.3 Å². The number of hydrogen-bond donors (Lipinski definition) is 1. The molecule has 2 unspecified atom stereocenters. The van der Waals surface area contributed by atoms with Gasteiger partial charge in [0.15, 0.2) is 0 Å². The summed E-state index contributed by atoms with van der Waals surface area (Å²) in [5.41, 5.74) is 2.07. The van der Waals surface area contributed by atoms with Crippen molar-refractivity contribution >= 4 is 28.8 Å². The Balaban J connectivity index is 1.62. The number of aromatic nitrogens is 1. The predicted molar refractivity (Wildman–Crippen MR) is 117 cm³/mol. The molecule has 156 valence electrons. The Kier molecular flexibility index (Phi) is 4.82. The van der Waals surface area contributed by atoms with Crippen LogP contribution in [0.2, 0.25) is 0 Å². The number of Topliss-reactive ketones (excluding diaryl/α,β-unsaturated/α-hetero) is 1. The maximum Gasteiger partial charge on any atom is 0.296 e. The molecule has 1 aromatic carbocycles. The number of nitrogens with zero attached hydrogens (tertiary/aromatic N) is 2. The van der Waals surface area contributed by atoms with E-state index in [1.165, 1.54) is 16.2 Å². The molecule has 7 heteroatoms. The Labute approximate surface area is 183 Å². The van der Waals surface area contributed by atoms with Gasteiger partial charge in [0.25, 0.3) is 11.7 Å². The number of amides is 1. The Morgan fingerprint density at radius 2 is 2.10 bits per heavy atom. The van der Waals surface area contributed by atoms with Crippen molar-refractivity contribution in [2.24, 2.45) is 0 Å². The number of fused-ring (bicyclic) bond motifs is 1. The molecule has 0 spiro atoms. The smallest absolute Gasteiger partial charge is 0.296 e. The summed E-state index contributed by atoms with van der Waals surface area (Å²) in [6.07, 6.45) is 2.42. The van der Waals surface area contributed by atoms with Crippen LogP contribution in [0, 0.1) is 0 Å². The van der Waals surface area contributed by atoms with E-state index in [0.717, 1.165) is 22.6 Å². The van der Waals surface area contributed by atoms with E-state index in [1.54, 1.807) is 30.5 Å². The Morgan fingerprint density at radius 1 is 1.23 bits per heavy atom. The average Bonchev–Trinajstić information content (AvgIpc) is 3.48. The van der Waals surface area contributed by atoms with Gasteiger partial charge in [0.2, 0.25) is 0 Å². The fourth-order valence-electron chi connectivity index (χ4n) is 4.18. The van der Waals surface area contributed by atoms with E-state index in [-0.39, 0.29) is 24.0 Å². The fraction of sp³-hybridized carbons (Fsp3) is 0.208. The highest BCUT2D eigenvalue weighted by Gasteiger charge is 2.46. The normalized spacial score (nSPS) is 21.9. The number of rotatable bonds is 4. The van der Waals surface area contributed by atoms with Crippen molar-refractivity contribution in [1.29, 1.82) is 0 Å². The highest BCUT2D eigenvalue weighted by molar-refractivity contribution is 7.09. The van der Waals surface area contributed by atoms with E-state index >= 15 is 0 Å². The molecule has 3 aromatic rings. The first-order valence-corrected chi connectivity index (χ1v) is 10.9. The second kappa shape index (κ2) is 7.67. The maximum absolute atomic E-state index is 13.1. The van der Waals surface area contributed by atoms with Gasteiger partial charge in [-0.1, -0.05) is 12.1 Å². The highest BCUT2D eigenvalue weighted by Crippen LogP contribution is 2.40. The largest absolute Gasteiger partial charge is 0.507 e. The molecule has 2 aliphatic heterocycles. The third-order valence-electron chi connectivity index (χ3n) is 5.58. The van der Waals surface area contributed by atoms with Crippen LogP contribution in [0.15, 0.2) is 65.7 Å². The Hall–Kier alpha value is -3.45. The summed E-state index contributed by atoms with van der Waals surface area (Å²) in [7, 11) is 0. The number of hydrogen-bond acceptors (Lipinski definition) is 6. The van der Waals surface area contributed by atoms with Crippen molar-refractivity contribution in [3.8, 4) is 5.75 Å². The number of pyridine rings is 1. The van der Waals surface area contributed by atoms with E-state index in [2.05, 4.69) is 4.98 Å². The summed E-state index contributed by atoms with van der Waals surface area (Å²) in [6.45, 7) is 2.26. The quantitative estimate of drug-likeness (QED) is 0.382. The molecular formula is C24H20N2O4S. The van der Waals surface area contributed by atoms with Crippen LogP contribution in [0.1, 0.15) is 34.7 Å². The van der Waals surface area contributed by atoms with Crippen LogP contribution in [0.5, 0.6) is 5.75 Å². The molecule has 2 atom stereocenters. The van der Waals surface area contributed by atoms with E-state index in [1.807, 2.05) is 36.6 Å². The van der Waals surface area contributed by atoms with Crippen LogP contribution in [0.4, 0.5) is 0 Å². The lowest BCUT2D eigenvalue weighted by Gasteiger charge is -2.24. The monoisotopic (exact) mass is 432 g/mol. The number of benzene rings is 1. The molecule has 6 nitrogen and oxygen atoms in total. The number of carbonyl (C=O) groups excluding carboxylic acids is 2. The minimum absolute atomic E-state index is 0.0622. The van der Waals surface area contributed by atoms with Gasteiger partial charge >= 0.3 is 0 Å². The third-order valence-corrected chi connectivity index (χ3v) is 6.44. The molecule has 4 heterocycles. The maximum atomic E-state index is 13.1. The predicted octanol–water partition coefficient (Wildman–Crippen LogP) is 4.09. The van der Waals surface area contributed by atoms with Gasteiger partial charge in [0.05, 0.1) is 17.8 Å². The molecule has 0 saturated carbocycles. The van der Waals surface area contributed by atoms with Crippen molar-refractivity contribution in [1.82, 2.24) is 9.88 Å². The Bertz CT molecular complexity index is 1190. The number of ether oxygens (including phenoxy) is 1. The van der Waals surface area contributed by atoms with Crippen molar-refractivity contribution in [3.63, 3.8) is 0 Å². The van der Waals surface area contributed by atoms with Crippen LogP contribution in [-0.4, -0.2) is 32.8 Å². The van der Waals surface area contributed by atoms with E-state index in [9.17, 15) is 14.7 Å². The zero-order valence-corrected chi connectivity index (χ0v) is 17.6. The second-order valence-corrected chi connectivity index (χ2v) is 8.75. The van der Waals surface area contributed by atoms with Gasteiger partial charge in [0.1, 0.15) is 23.7 Å². The van der Waals surface area contributed by atoms with Gasteiger partial charge in [-0.3, -0.25) is 14.6 Å². The molecular weight excluding hydrogens is 412 g/mol. The molecule has 0 radical (unpaired) electrons. The number of ketones is 1. The lowest BCUT2D eigenvalue weighted by Crippen LogP contribution is -2.29. The molecule has 1 fully saturated rings. The highest BCUT2D eigenvalue weighted by atomic mass is 32.1. The minimum atomic E-state index is -0.758. The first-order valence-electron chi connectivity index (χ1n) is 10.0. The first-order chi connectivity index (χ1) is 15.0. The van der Waals surface area contributed by atoms with Gasteiger partial charge < -0.3 is 14.7 Å². The van der Waals surface area contributed by atoms with Crippen molar-refractivity contribution in [3.05, 3.63) is 87.4 Å². The number of aliphatic hydroxyl groups excluding tert-OH is 1. The van der Waals surface area contributed by atoms with E-state index in [4.69, 9.17) is 4.74 Å². The number of carbonyl (C=O) groups is 2. The molecule has 1 N–H and O–H groups in total. The van der Waals surface area contributed by atoms with Crippen molar-refractivity contribution in [2.45, 2.75) is 32.0 Å². The lowest BCUT2D eigenvalue weighted by atomic mass is 9.97. The fourth-order valence-corrected chi connectivity index (χ4v) is 4.89. The first kappa shape index (κ1) is 19.5. The van der Waals surface area contributed by atoms with Crippen LogP contribution in [0.3, 0.4) is 0 Å². The average molecular weight is 433 g/mol. The topological polar surface area (TPSA) is 79.7 Å². The summed E-state index contributed by atoms with van der Waals surface area (Å²) in [5, 5.41) is 13.1. The zero-order chi connectivity index (χ0) is 21.5. The minimum Gasteiger partial charge on any atom is -0.507 e. The lowest BCUT2D eigenvalue weighted by molar-refractivity contribution is -0.140. The van der Waals surface area contributed by atoms with Crippen molar-refractivity contribution in [2.75, 3.05) is 0 Å². The molecule has 1 saturated heterocycles. The summed E-state index contributed by atoms with van der Waals surface area (Å²) in [4.78, 5) is 32.9. The van der Waals surface area contributed by atoms with Crippen molar-refractivity contribution < 1.29 is 19.4 Å². The Morgan fingerprint density at radius 3 is 2.84 bits per heavy atom. The third kappa shape index (κ3) is 3.41. The molecule has 31 heavy (non-hydrogen) atoms. The van der Waals surface area contributed by atoms with Crippen LogP contribution in [0.25, 0.3) is 5.76 Å². The summed E-state index contributed by atoms with van der Waals surface area (Å²) in [6, 6.07) is 13.8. The molecule has 2 aliphatic rings. The summed E-state index contributed by atoms with van der Waals surface area (Å²) >= 11 is 1.51. The van der Waals surface area contributed by atoms with E-state index in [0.29, 0.717) is 11.3 Å². The van der Waals surface area contributed by atoms with Gasteiger partial charge in [-0.2, -0.15) is 0 Å². The van der Waals surface area contributed by atoms with Gasteiger partial charge in [-0.05, 0) is 54.3 Å². The van der Waals surface area contributed by atoms with Gasteiger partial charge in [0, 0.05) is 23.1 Å². The molecule has 5 rings (SSSR count). The SMILES string of the molecule is CC1Cc2cc(/C(O)=C3/C(=O)C(=O)N(Cc4cccs4)C3c3ccccn3)ccc2O1. The summed E-state index contributed by atoms with van der Waals surface area (Å²) < 4.78 is 5.74. The summed E-state index contributed by atoms with van der Waals surface area (Å²) in [5.74, 6) is -0.743. The van der Waals surface area contributed by atoms with E-state index < -0.39 is 17.7 Å². The van der Waals surface area contributed by atoms with Crippen LogP contribution < -0.4 is 4.74 Å². The molecule has 0 bridgehead atoms. The number of aliphatic hydroxyl groups is 1. The molecule has 2 aromatic heterocycles. The molecule has 0 aliphatic carbocycles. The molecule has 1 amide bonds. The van der Waals surface area contributed by atoms with Gasteiger partial charge in [-0.25, -0.2) is 0 Å². The number of thiophene rings is 1. The zero-order valence-electron chi connectivity index (χ0n) is 16.8. The second-order valence-electron chi connectivity index (χ2n) is 7.72. The van der Waals surface area contributed by atoms with Crippen LogP contribution >= 0.6 is 11.3 Å². The number of likely N-dealkylation sites (tertiary alicyclic amines) is 1. The standard InChI is InChI=1S/C24H20N2O4S/c1-14-11-16-12-15(7-8-19(16)30-14)22(27)20-21(18-6-2-3-9-25-18)26(24(29)23(20)28)13-17-5-4-10-31-17/h2-10,12,14,21,27H,11,13H2,1H3/b22-20-.